The molecule has 0 radical (unpaired) electrons. The molecule has 0 bridgehead atoms. The largest absolute Gasteiger partial charge is 0.383 e. The highest BCUT2D eigenvalue weighted by Crippen LogP contribution is 2.11. The van der Waals surface area contributed by atoms with Crippen molar-refractivity contribution in [3.05, 3.63) is 10.6 Å². The van der Waals surface area contributed by atoms with E-state index in [1.54, 1.807) is 11.7 Å². The highest BCUT2D eigenvalue weighted by atomic mass is 32.1. The second-order valence-electron chi connectivity index (χ2n) is 4.02. The smallest absolute Gasteiger partial charge is 0.243 e. The van der Waals surface area contributed by atoms with Gasteiger partial charge in [0.2, 0.25) is 5.91 Å². The molecule has 1 amide bonds. The van der Waals surface area contributed by atoms with Crippen molar-refractivity contribution >= 4 is 18.1 Å². The number of rotatable bonds is 7. The van der Waals surface area contributed by atoms with E-state index >= 15 is 0 Å². The quantitative estimate of drug-likeness (QED) is 0.578. The molecular weight excluding hydrogens is 252 g/mol. The summed E-state index contributed by atoms with van der Waals surface area (Å²) >= 11 is 5.16. The Morgan fingerprint density at radius 1 is 1.67 bits per heavy atom. The molecular formula is C11H20N4O2S. The third kappa shape index (κ3) is 3.64. The Labute approximate surface area is 112 Å². The zero-order chi connectivity index (χ0) is 13.5. The van der Waals surface area contributed by atoms with Gasteiger partial charge in [-0.25, -0.2) is 0 Å². The molecule has 18 heavy (non-hydrogen) atoms. The lowest BCUT2D eigenvalue weighted by Crippen LogP contribution is -2.33. The number of carbonyl (C=O) groups excluding carboxylic acids is 1. The van der Waals surface area contributed by atoms with Crippen molar-refractivity contribution in [3.63, 3.8) is 0 Å². The molecule has 2 N–H and O–H groups in total. The van der Waals surface area contributed by atoms with Crippen LogP contribution in [0.1, 0.15) is 32.1 Å². The van der Waals surface area contributed by atoms with Gasteiger partial charge in [0.15, 0.2) is 4.77 Å². The van der Waals surface area contributed by atoms with Crippen LogP contribution in [0.5, 0.6) is 0 Å². The first-order valence-corrected chi connectivity index (χ1v) is 6.45. The van der Waals surface area contributed by atoms with Crippen LogP contribution < -0.4 is 5.32 Å². The molecule has 6 nitrogen and oxygen atoms in total. The van der Waals surface area contributed by atoms with Gasteiger partial charge in [0.05, 0.1) is 6.61 Å². The molecule has 0 aromatic carbocycles. The third-order valence-electron chi connectivity index (χ3n) is 2.62. The van der Waals surface area contributed by atoms with Gasteiger partial charge in [0.1, 0.15) is 11.9 Å². The van der Waals surface area contributed by atoms with E-state index in [2.05, 4.69) is 22.4 Å². The number of aromatic amines is 1. The molecule has 0 aliphatic rings. The molecule has 0 saturated heterocycles. The summed E-state index contributed by atoms with van der Waals surface area (Å²) < 4.78 is 7.13. The number of hydrogen-bond acceptors (Lipinski definition) is 4. The van der Waals surface area contributed by atoms with Gasteiger partial charge >= 0.3 is 0 Å². The third-order valence-corrected chi connectivity index (χ3v) is 2.91. The summed E-state index contributed by atoms with van der Waals surface area (Å²) in [7, 11) is 1.60. The average Bonchev–Trinajstić information content (AvgIpc) is 2.70. The molecule has 1 aromatic heterocycles. The van der Waals surface area contributed by atoms with E-state index in [9.17, 15) is 4.79 Å². The predicted octanol–water partition coefficient (Wildman–Crippen LogP) is 1.22. The minimum atomic E-state index is -0.366. The van der Waals surface area contributed by atoms with Crippen LogP contribution in [0.25, 0.3) is 0 Å². The monoisotopic (exact) mass is 272 g/mol. The van der Waals surface area contributed by atoms with Gasteiger partial charge in [-0.3, -0.25) is 14.5 Å². The fraction of sp³-hybridized carbons (Fsp3) is 0.727. The zero-order valence-electron chi connectivity index (χ0n) is 11.0. The van der Waals surface area contributed by atoms with Crippen molar-refractivity contribution in [1.29, 1.82) is 0 Å². The lowest BCUT2D eigenvalue weighted by Gasteiger charge is -2.15. The maximum Gasteiger partial charge on any atom is 0.243 e. The van der Waals surface area contributed by atoms with Gasteiger partial charge in [0.25, 0.3) is 0 Å². The van der Waals surface area contributed by atoms with Crippen LogP contribution in [0, 0.1) is 4.77 Å². The van der Waals surface area contributed by atoms with Crippen molar-refractivity contribution in [1.82, 2.24) is 20.1 Å². The van der Waals surface area contributed by atoms with Crippen molar-refractivity contribution in [2.24, 2.45) is 0 Å². The fourth-order valence-corrected chi connectivity index (χ4v) is 1.99. The summed E-state index contributed by atoms with van der Waals surface area (Å²) in [5.74, 6) is 0.735. The standard InChI is InChI=1S/C11H20N4O2S/c1-4-5-9-13-14-11(18)15(9)8(2)10(16)12-6-7-17-3/h8H,4-7H2,1-3H3,(H,12,16)(H,14,18). The van der Waals surface area contributed by atoms with Crippen LogP contribution in [-0.4, -0.2) is 40.9 Å². The molecule has 0 aliphatic heterocycles. The molecule has 0 spiro atoms. The molecule has 1 atom stereocenters. The average molecular weight is 272 g/mol. The van der Waals surface area contributed by atoms with Crippen molar-refractivity contribution < 1.29 is 9.53 Å². The number of hydrogen-bond donors (Lipinski definition) is 2. The predicted molar refractivity (Wildman–Crippen MR) is 71.0 cm³/mol. The first-order valence-electron chi connectivity index (χ1n) is 6.04. The number of nitrogens with zero attached hydrogens (tertiary/aromatic N) is 2. The summed E-state index contributed by atoms with van der Waals surface area (Å²) in [4.78, 5) is 11.9. The molecule has 0 fully saturated rings. The molecule has 1 heterocycles. The summed E-state index contributed by atoms with van der Waals surface area (Å²) in [6.45, 7) is 4.86. The molecule has 1 rings (SSSR count). The van der Waals surface area contributed by atoms with Crippen molar-refractivity contribution in [2.45, 2.75) is 32.7 Å². The normalized spacial score (nSPS) is 12.4. The van der Waals surface area contributed by atoms with Gasteiger partial charge in [0, 0.05) is 20.1 Å². The van der Waals surface area contributed by atoms with E-state index in [-0.39, 0.29) is 11.9 Å². The Bertz CT molecular complexity index is 440. The minimum Gasteiger partial charge on any atom is -0.383 e. The van der Waals surface area contributed by atoms with Crippen LogP contribution in [-0.2, 0) is 16.0 Å². The fourth-order valence-electron chi connectivity index (χ4n) is 1.68. The number of aryl methyl sites for hydroxylation is 1. The molecule has 1 aromatic rings. The Kier molecular flexibility index (Phi) is 6.00. The first kappa shape index (κ1) is 14.8. The van der Waals surface area contributed by atoms with Gasteiger partial charge in [-0.05, 0) is 25.6 Å². The van der Waals surface area contributed by atoms with E-state index in [0.717, 1.165) is 18.7 Å². The van der Waals surface area contributed by atoms with E-state index in [4.69, 9.17) is 17.0 Å². The van der Waals surface area contributed by atoms with Crippen LogP contribution in [0.4, 0.5) is 0 Å². The lowest BCUT2D eigenvalue weighted by atomic mass is 10.2. The van der Waals surface area contributed by atoms with Gasteiger partial charge in [-0.1, -0.05) is 6.92 Å². The maximum atomic E-state index is 11.9. The summed E-state index contributed by atoms with van der Waals surface area (Å²) in [5.41, 5.74) is 0. The summed E-state index contributed by atoms with van der Waals surface area (Å²) in [6.07, 6.45) is 1.75. The zero-order valence-corrected chi connectivity index (χ0v) is 11.8. The minimum absolute atomic E-state index is 0.0816. The lowest BCUT2D eigenvalue weighted by molar-refractivity contribution is -0.124. The summed E-state index contributed by atoms with van der Waals surface area (Å²) in [6, 6.07) is -0.366. The highest BCUT2D eigenvalue weighted by Gasteiger charge is 2.18. The second kappa shape index (κ2) is 7.27. The van der Waals surface area contributed by atoms with Crippen LogP contribution in [0.15, 0.2) is 0 Å². The van der Waals surface area contributed by atoms with E-state index in [1.165, 1.54) is 0 Å². The Hall–Kier alpha value is -1.21. The number of methoxy groups -OCH3 is 1. The number of amides is 1. The summed E-state index contributed by atoms with van der Waals surface area (Å²) in [5, 5.41) is 9.68. The van der Waals surface area contributed by atoms with E-state index in [1.807, 2.05) is 6.92 Å². The van der Waals surface area contributed by atoms with Crippen LogP contribution >= 0.6 is 12.2 Å². The Balaban J connectivity index is 2.76. The van der Waals surface area contributed by atoms with Gasteiger partial charge < -0.3 is 10.1 Å². The number of carbonyl (C=O) groups is 1. The maximum absolute atomic E-state index is 11.9. The topological polar surface area (TPSA) is 71.9 Å². The SMILES string of the molecule is CCCc1n[nH]c(=S)n1C(C)C(=O)NCCOC. The van der Waals surface area contributed by atoms with Crippen LogP contribution in [0.3, 0.4) is 0 Å². The molecule has 0 aliphatic carbocycles. The Morgan fingerprint density at radius 2 is 2.39 bits per heavy atom. The molecule has 0 saturated carbocycles. The van der Waals surface area contributed by atoms with Gasteiger partial charge in [-0.2, -0.15) is 5.10 Å². The molecule has 1 unspecified atom stereocenters. The second-order valence-corrected chi connectivity index (χ2v) is 4.41. The number of aromatic nitrogens is 3. The Morgan fingerprint density at radius 3 is 3.00 bits per heavy atom. The van der Waals surface area contributed by atoms with E-state index in [0.29, 0.717) is 17.9 Å². The van der Waals surface area contributed by atoms with E-state index < -0.39 is 0 Å². The number of H-pyrrole nitrogens is 1. The van der Waals surface area contributed by atoms with Crippen molar-refractivity contribution in [2.75, 3.05) is 20.3 Å². The molecule has 7 heteroatoms. The van der Waals surface area contributed by atoms with Gasteiger partial charge in [-0.15, -0.1) is 0 Å². The molecule has 102 valence electrons. The number of nitrogens with one attached hydrogen (secondary N) is 2. The first-order chi connectivity index (χ1) is 8.61. The van der Waals surface area contributed by atoms with Crippen LogP contribution in [0.2, 0.25) is 0 Å². The van der Waals surface area contributed by atoms with Crippen molar-refractivity contribution in [3.8, 4) is 0 Å². The number of ether oxygens (including phenoxy) is 1. The highest BCUT2D eigenvalue weighted by molar-refractivity contribution is 7.71.